The van der Waals surface area contributed by atoms with E-state index in [1.165, 1.54) is 31.2 Å². The Morgan fingerprint density at radius 3 is 2.52 bits per heavy atom. The molecule has 2 unspecified atom stereocenters. The zero-order valence-electron chi connectivity index (χ0n) is 17.3. The van der Waals surface area contributed by atoms with Crippen LogP contribution in [0.1, 0.15) is 51.0 Å². The summed E-state index contributed by atoms with van der Waals surface area (Å²) in [5.74, 6) is 0.477. The number of aryl methyl sites for hydroxylation is 1. The molecule has 2 heterocycles. The van der Waals surface area contributed by atoms with Gasteiger partial charge in [0, 0.05) is 17.6 Å². The number of benzene rings is 2. The Hall–Kier alpha value is -2.33. The van der Waals surface area contributed by atoms with E-state index in [0.717, 1.165) is 36.1 Å². The van der Waals surface area contributed by atoms with E-state index >= 15 is 0 Å². The van der Waals surface area contributed by atoms with Gasteiger partial charge in [-0.3, -0.25) is 5.32 Å². The van der Waals surface area contributed by atoms with Crippen molar-refractivity contribution < 1.29 is 9.53 Å². The number of fused-ring (bicyclic) bond motifs is 2. The highest BCUT2D eigenvalue weighted by Crippen LogP contribution is 2.31. The fourth-order valence-corrected chi connectivity index (χ4v) is 4.73. The molecule has 2 aliphatic rings. The van der Waals surface area contributed by atoms with Crippen LogP contribution in [0.4, 0.5) is 10.5 Å². The van der Waals surface area contributed by atoms with Crippen LogP contribution in [0, 0.1) is 5.92 Å². The van der Waals surface area contributed by atoms with Gasteiger partial charge in [-0.25, -0.2) is 4.79 Å². The summed E-state index contributed by atoms with van der Waals surface area (Å²) in [7, 11) is 0. The maximum Gasteiger partial charge on any atom is 0.411 e. The van der Waals surface area contributed by atoms with Crippen LogP contribution in [0.5, 0.6) is 0 Å². The van der Waals surface area contributed by atoms with Crippen LogP contribution < -0.4 is 10.6 Å². The average Bonchev–Trinajstić information content (AvgIpc) is 3.09. The molecule has 0 radical (unpaired) electrons. The van der Waals surface area contributed by atoms with Gasteiger partial charge in [0.2, 0.25) is 0 Å². The highest BCUT2D eigenvalue weighted by atomic mass is 16.5. The number of hydrogen-bond donors (Lipinski definition) is 2. The van der Waals surface area contributed by atoms with Gasteiger partial charge in [0.15, 0.2) is 0 Å². The number of anilines is 1. The van der Waals surface area contributed by atoms with Crippen LogP contribution in [0.3, 0.4) is 0 Å². The minimum atomic E-state index is -0.358. The van der Waals surface area contributed by atoms with Crippen molar-refractivity contribution in [1.29, 1.82) is 0 Å². The maximum atomic E-state index is 12.4. The molecule has 0 spiro atoms. The number of para-hydroxylation sites is 1. The number of hydrogen-bond acceptors (Lipinski definition) is 3. The molecule has 1 amide bonds. The van der Waals surface area contributed by atoms with E-state index in [1.807, 2.05) is 24.3 Å². The highest BCUT2D eigenvalue weighted by molar-refractivity contribution is 5.91. The summed E-state index contributed by atoms with van der Waals surface area (Å²) in [6, 6.07) is 17.8. The summed E-state index contributed by atoms with van der Waals surface area (Å²) >= 11 is 0. The molecule has 2 saturated heterocycles. The van der Waals surface area contributed by atoms with E-state index < -0.39 is 0 Å². The SMILES string of the molecule is CCCCc1ccc(-c2ccccc2NC(=O)OCC2CC3CCC(C2)N3)cc1. The molecule has 4 heteroatoms. The standard InChI is InChI=1S/C25H32N2O2/c1-2-3-6-18-9-11-20(12-10-18)23-7-4-5-8-24(23)27-25(28)29-17-19-15-21-13-14-22(16-19)26-21/h4-5,7-12,19,21-22,26H,2-3,6,13-17H2,1H3,(H,27,28). The van der Waals surface area contributed by atoms with Gasteiger partial charge in [-0.1, -0.05) is 55.8 Å². The summed E-state index contributed by atoms with van der Waals surface area (Å²) in [5, 5.41) is 6.59. The second-order valence-corrected chi connectivity index (χ2v) is 8.54. The molecule has 2 fully saturated rings. The lowest BCUT2D eigenvalue weighted by molar-refractivity contribution is 0.122. The second kappa shape index (κ2) is 9.45. The van der Waals surface area contributed by atoms with Gasteiger partial charge < -0.3 is 10.1 Å². The summed E-state index contributed by atoms with van der Waals surface area (Å²) in [6.07, 6.45) is 7.92. The van der Waals surface area contributed by atoms with Gasteiger partial charge in [0.1, 0.15) is 0 Å². The number of rotatable bonds is 7. The first kappa shape index (κ1) is 20.0. The normalized spacial score (nSPS) is 23.0. The largest absolute Gasteiger partial charge is 0.449 e. The van der Waals surface area contributed by atoms with E-state index in [1.54, 1.807) is 0 Å². The molecular formula is C25H32N2O2. The number of unbranched alkanes of at least 4 members (excludes halogenated alkanes) is 1. The molecule has 29 heavy (non-hydrogen) atoms. The van der Waals surface area contributed by atoms with Crippen molar-refractivity contribution in [1.82, 2.24) is 5.32 Å². The van der Waals surface area contributed by atoms with Crippen LogP contribution in [-0.2, 0) is 11.2 Å². The molecule has 154 valence electrons. The number of ether oxygens (including phenoxy) is 1. The molecule has 2 aromatic carbocycles. The topological polar surface area (TPSA) is 50.4 Å². The first-order valence-corrected chi connectivity index (χ1v) is 11.1. The Balaban J connectivity index is 1.36. The Morgan fingerprint density at radius 1 is 1.07 bits per heavy atom. The first-order chi connectivity index (χ1) is 14.2. The molecule has 0 saturated carbocycles. The quantitative estimate of drug-likeness (QED) is 0.628. The second-order valence-electron chi connectivity index (χ2n) is 8.54. The Labute approximate surface area is 174 Å². The molecular weight excluding hydrogens is 360 g/mol. The van der Waals surface area contributed by atoms with E-state index in [-0.39, 0.29) is 6.09 Å². The molecule has 4 rings (SSSR count). The highest BCUT2D eigenvalue weighted by Gasteiger charge is 2.33. The van der Waals surface area contributed by atoms with Crippen molar-refractivity contribution in [2.75, 3.05) is 11.9 Å². The van der Waals surface area contributed by atoms with Crippen molar-refractivity contribution in [3.05, 3.63) is 54.1 Å². The minimum absolute atomic E-state index is 0.358. The van der Waals surface area contributed by atoms with Crippen molar-refractivity contribution in [3.63, 3.8) is 0 Å². The summed E-state index contributed by atoms with van der Waals surface area (Å²) in [6.45, 7) is 2.72. The zero-order chi connectivity index (χ0) is 20.1. The lowest BCUT2D eigenvalue weighted by atomic mass is 9.93. The third-order valence-electron chi connectivity index (χ3n) is 6.27. The predicted octanol–water partition coefficient (Wildman–Crippen LogP) is 5.78. The summed E-state index contributed by atoms with van der Waals surface area (Å²) < 4.78 is 5.59. The minimum Gasteiger partial charge on any atom is -0.449 e. The number of carbonyl (C=O) groups excluding carboxylic acids is 1. The predicted molar refractivity (Wildman–Crippen MR) is 118 cm³/mol. The fraction of sp³-hybridized carbons (Fsp3) is 0.480. The van der Waals surface area contributed by atoms with Gasteiger partial charge in [0.25, 0.3) is 0 Å². The molecule has 4 nitrogen and oxygen atoms in total. The number of nitrogens with one attached hydrogen (secondary N) is 2. The van der Waals surface area contributed by atoms with Gasteiger partial charge in [-0.2, -0.15) is 0 Å². The molecule has 0 aliphatic carbocycles. The average molecular weight is 393 g/mol. The van der Waals surface area contributed by atoms with Crippen LogP contribution in [0.15, 0.2) is 48.5 Å². The van der Waals surface area contributed by atoms with Gasteiger partial charge in [-0.15, -0.1) is 0 Å². The van der Waals surface area contributed by atoms with Crippen LogP contribution in [0.25, 0.3) is 11.1 Å². The molecule has 2 N–H and O–H groups in total. The maximum absolute atomic E-state index is 12.4. The molecule has 2 aliphatic heterocycles. The van der Waals surface area contributed by atoms with E-state index in [9.17, 15) is 4.79 Å². The van der Waals surface area contributed by atoms with Gasteiger partial charge >= 0.3 is 6.09 Å². The Kier molecular flexibility index (Phi) is 6.50. The lowest BCUT2D eigenvalue weighted by Crippen LogP contribution is -2.39. The molecule has 2 atom stereocenters. The van der Waals surface area contributed by atoms with Gasteiger partial charge in [0.05, 0.1) is 12.3 Å². The Morgan fingerprint density at radius 2 is 1.79 bits per heavy atom. The van der Waals surface area contributed by atoms with Crippen LogP contribution in [-0.4, -0.2) is 24.8 Å². The third-order valence-corrected chi connectivity index (χ3v) is 6.27. The lowest BCUT2D eigenvalue weighted by Gasteiger charge is -2.28. The first-order valence-electron chi connectivity index (χ1n) is 11.1. The smallest absolute Gasteiger partial charge is 0.411 e. The van der Waals surface area contributed by atoms with Crippen molar-refractivity contribution in [3.8, 4) is 11.1 Å². The summed E-state index contributed by atoms with van der Waals surface area (Å²) in [5.41, 5.74) is 4.28. The zero-order valence-corrected chi connectivity index (χ0v) is 17.3. The van der Waals surface area contributed by atoms with Crippen LogP contribution in [0.2, 0.25) is 0 Å². The van der Waals surface area contributed by atoms with Crippen molar-refractivity contribution in [2.45, 2.75) is 64.0 Å². The van der Waals surface area contributed by atoms with E-state index in [4.69, 9.17) is 4.74 Å². The monoisotopic (exact) mass is 392 g/mol. The van der Waals surface area contributed by atoms with Crippen LogP contribution >= 0.6 is 0 Å². The number of carbonyl (C=O) groups is 1. The Bertz CT molecular complexity index is 806. The number of amides is 1. The van der Waals surface area contributed by atoms with Crippen molar-refractivity contribution in [2.24, 2.45) is 5.92 Å². The van der Waals surface area contributed by atoms with E-state index in [2.05, 4.69) is 41.8 Å². The third kappa shape index (κ3) is 5.18. The number of piperidine rings is 1. The van der Waals surface area contributed by atoms with Crippen molar-refractivity contribution >= 4 is 11.8 Å². The fourth-order valence-electron chi connectivity index (χ4n) is 4.73. The molecule has 2 aromatic rings. The van der Waals surface area contributed by atoms with E-state index in [0.29, 0.717) is 24.6 Å². The molecule has 0 aromatic heterocycles. The van der Waals surface area contributed by atoms with Gasteiger partial charge in [-0.05, 0) is 61.6 Å². The molecule has 2 bridgehead atoms. The summed E-state index contributed by atoms with van der Waals surface area (Å²) in [4.78, 5) is 12.4.